The highest BCUT2D eigenvalue weighted by atomic mass is 32.1. The number of carbonyl (C=O) groups is 1. The lowest BCUT2D eigenvalue weighted by atomic mass is 9.96. The van der Waals surface area contributed by atoms with Gasteiger partial charge in [0.05, 0.1) is 6.67 Å². The summed E-state index contributed by atoms with van der Waals surface area (Å²) in [6.45, 7) is 2.16. The van der Waals surface area contributed by atoms with Gasteiger partial charge < -0.3 is 9.73 Å². The van der Waals surface area contributed by atoms with Crippen LogP contribution in [-0.2, 0) is 11.5 Å². The highest BCUT2D eigenvalue weighted by Gasteiger charge is 2.25. The van der Waals surface area contributed by atoms with E-state index in [1.807, 2.05) is 42.5 Å². The van der Waals surface area contributed by atoms with Crippen molar-refractivity contribution in [1.82, 2.24) is 19.7 Å². The van der Waals surface area contributed by atoms with Gasteiger partial charge in [-0.2, -0.15) is 0 Å². The molecule has 7 nitrogen and oxygen atoms in total. The maximum atomic E-state index is 12.4. The Hall–Kier alpha value is -2.84. The zero-order valence-electron chi connectivity index (χ0n) is 15.3. The molecule has 1 N–H and O–H groups in total. The van der Waals surface area contributed by atoms with Crippen LogP contribution in [0, 0.1) is 10.8 Å². The SMILES string of the molecule is O=C(Nc1ccccn1)C1CCN(Cn2nc(-c3ccccc3)oc2=S)CC1. The van der Waals surface area contributed by atoms with Crippen LogP contribution in [0.15, 0.2) is 59.1 Å². The summed E-state index contributed by atoms with van der Waals surface area (Å²) in [5, 5.41) is 7.39. The lowest BCUT2D eigenvalue weighted by Crippen LogP contribution is -2.39. The molecule has 1 aliphatic rings. The van der Waals surface area contributed by atoms with E-state index < -0.39 is 0 Å². The number of benzene rings is 1. The predicted octanol–water partition coefficient (Wildman–Crippen LogP) is 3.58. The van der Waals surface area contributed by atoms with Crippen LogP contribution >= 0.6 is 12.2 Å². The number of rotatable bonds is 5. The molecule has 3 aromatic rings. The molecule has 4 rings (SSSR count). The van der Waals surface area contributed by atoms with Crippen LogP contribution in [0.1, 0.15) is 12.8 Å². The Balaban J connectivity index is 1.33. The van der Waals surface area contributed by atoms with Gasteiger partial charge in [-0.1, -0.05) is 24.3 Å². The third-order valence-corrected chi connectivity index (χ3v) is 5.13. The van der Waals surface area contributed by atoms with Crippen molar-refractivity contribution >= 4 is 23.9 Å². The van der Waals surface area contributed by atoms with Crippen molar-refractivity contribution in [3.05, 3.63) is 59.6 Å². The molecule has 0 bridgehead atoms. The Kier molecular flexibility index (Phi) is 5.59. The zero-order chi connectivity index (χ0) is 19.3. The maximum absolute atomic E-state index is 12.4. The molecule has 1 aromatic carbocycles. The number of hydrogen-bond donors (Lipinski definition) is 1. The molecule has 0 atom stereocenters. The standard InChI is InChI=1S/C20H21N5O2S/c26-18(22-17-8-4-5-11-21-17)15-9-12-24(13-10-15)14-25-20(28)27-19(23-25)16-6-2-1-3-7-16/h1-8,11,15H,9-10,12-14H2,(H,21,22,26). The molecular weight excluding hydrogens is 374 g/mol. The van der Waals surface area contributed by atoms with Crippen molar-refractivity contribution in [2.24, 2.45) is 5.92 Å². The first-order chi connectivity index (χ1) is 13.7. The van der Waals surface area contributed by atoms with Gasteiger partial charge in [0.1, 0.15) is 5.82 Å². The van der Waals surface area contributed by atoms with Gasteiger partial charge in [-0.05, 0) is 49.3 Å². The first-order valence-corrected chi connectivity index (χ1v) is 9.67. The van der Waals surface area contributed by atoms with E-state index in [0.717, 1.165) is 31.5 Å². The van der Waals surface area contributed by atoms with Crippen LogP contribution in [-0.4, -0.2) is 38.7 Å². The molecule has 0 spiro atoms. The van der Waals surface area contributed by atoms with Gasteiger partial charge in [0.15, 0.2) is 0 Å². The largest absolute Gasteiger partial charge is 0.409 e. The van der Waals surface area contributed by atoms with Crippen molar-refractivity contribution in [3.63, 3.8) is 0 Å². The molecule has 144 valence electrons. The van der Waals surface area contributed by atoms with Crippen molar-refractivity contribution in [2.45, 2.75) is 19.5 Å². The quantitative estimate of drug-likeness (QED) is 0.666. The summed E-state index contributed by atoms with van der Waals surface area (Å²) in [6.07, 6.45) is 3.24. The van der Waals surface area contributed by atoms with Gasteiger partial charge in [0.2, 0.25) is 11.8 Å². The molecule has 1 saturated heterocycles. The Bertz CT molecular complexity index is 979. The van der Waals surface area contributed by atoms with Crippen LogP contribution in [0.3, 0.4) is 0 Å². The summed E-state index contributed by atoms with van der Waals surface area (Å²) in [6, 6.07) is 15.2. The number of hydrogen-bond acceptors (Lipinski definition) is 6. The molecule has 3 heterocycles. The molecule has 1 aliphatic heterocycles. The number of carbonyl (C=O) groups excluding carboxylic acids is 1. The molecule has 2 aromatic heterocycles. The number of amides is 1. The third kappa shape index (κ3) is 4.35. The maximum Gasteiger partial charge on any atom is 0.288 e. The zero-order valence-corrected chi connectivity index (χ0v) is 16.1. The highest BCUT2D eigenvalue weighted by Crippen LogP contribution is 2.21. The Morgan fingerprint density at radius 1 is 1.14 bits per heavy atom. The topological polar surface area (TPSA) is 76.2 Å². The van der Waals surface area contributed by atoms with Crippen molar-refractivity contribution in [3.8, 4) is 11.5 Å². The fourth-order valence-electron chi connectivity index (χ4n) is 3.28. The molecule has 8 heteroatoms. The highest BCUT2D eigenvalue weighted by molar-refractivity contribution is 7.71. The van der Waals surface area contributed by atoms with E-state index in [1.165, 1.54) is 0 Å². The number of nitrogens with zero attached hydrogens (tertiary/aromatic N) is 4. The van der Waals surface area contributed by atoms with Gasteiger partial charge in [0.25, 0.3) is 4.84 Å². The second-order valence-electron chi connectivity index (χ2n) is 6.78. The number of likely N-dealkylation sites (tertiary alicyclic amines) is 1. The van der Waals surface area contributed by atoms with Crippen molar-refractivity contribution in [2.75, 3.05) is 18.4 Å². The Morgan fingerprint density at radius 2 is 1.89 bits per heavy atom. The average molecular weight is 395 g/mol. The molecule has 28 heavy (non-hydrogen) atoms. The van der Waals surface area contributed by atoms with E-state index in [0.29, 0.717) is 23.2 Å². The number of nitrogens with one attached hydrogen (secondary N) is 1. The Labute approximate surface area is 168 Å². The van der Waals surface area contributed by atoms with E-state index in [1.54, 1.807) is 16.9 Å². The van der Waals surface area contributed by atoms with E-state index in [4.69, 9.17) is 16.6 Å². The van der Waals surface area contributed by atoms with Crippen LogP contribution in [0.4, 0.5) is 5.82 Å². The summed E-state index contributed by atoms with van der Waals surface area (Å²) in [5.41, 5.74) is 0.900. The van der Waals surface area contributed by atoms with Crippen molar-refractivity contribution in [1.29, 1.82) is 0 Å². The fourth-order valence-corrected chi connectivity index (χ4v) is 3.46. The van der Waals surface area contributed by atoms with Gasteiger partial charge in [0, 0.05) is 30.8 Å². The van der Waals surface area contributed by atoms with Crippen LogP contribution < -0.4 is 5.32 Å². The monoisotopic (exact) mass is 395 g/mol. The molecule has 0 saturated carbocycles. The lowest BCUT2D eigenvalue weighted by molar-refractivity contribution is -0.121. The van der Waals surface area contributed by atoms with Gasteiger partial charge in [-0.15, -0.1) is 5.10 Å². The summed E-state index contributed by atoms with van der Waals surface area (Å²) >= 11 is 5.32. The summed E-state index contributed by atoms with van der Waals surface area (Å²) in [7, 11) is 0. The summed E-state index contributed by atoms with van der Waals surface area (Å²) in [4.78, 5) is 19.2. The number of aromatic nitrogens is 3. The molecule has 1 amide bonds. The smallest absolute Gasteiger partial charge is 0.288 e. The molecule has 0 radical (unpaired) electrons. The van der Waals surface area contributed by atoms with Crippen LogP contribution in [0.5, 0.6) is 0 Å². The number of pyridine rings is 1. The average Bonchev–Trinajstić information content (AvgIpc) is 3.10. The normalized spacial score (nSPS) is 15.4. The van der Waals surface area contributed by atoms with Crippen LogP contribution in [0.2, 0.25) is 0 Å². The van der Waals surface area contributed by atoms with Crippen LogP contribution in [0.25, 0.3) is 11.5 Å². The van der Waals surface area contributed by atoms with E-state index >= 15 is 0 Å². The number of piperidine rings is 1. The second-order valence-corrected chi connectivity index (χ2v) is 7.13. The van der Waals surface area contributed by atoms with Gasteiger partial charge in [-0.3, -0.25) is 9.69 Å². The van der Waals surface area contributed by atoms with Gasteiger partial charge >= 0.3 is 0 Å². The molecule has 0 unspecified atom stereocenters. The lowest BCUT2D eigenvalue weighted by Gasteiger charge is -2.30. The summed E-state index contributed by atoms with van der Waals surface area (Å²) in [5.74, 6) is 1.14. The first-order valence-electron chi connectivity index (χ1n) is 9.26. The molecule has 0 aliphatic carbocycles. The van der Waals surface area contributed by atoms with E-state index in [9.17, 15) is 4.79 Å². The minimum Gasteiger partial charge on any atom is -0.409 e. The minimum absolute atomic E-state index is 0.0107. The van der Waals surface area contributed by atoms with Crippen molar-refractivity contribution < 1.29 is 9.21 Å². The van der Waals surface area contributed by atoms with E-state index in [-0.39, 0.29) is 11.8 Å². The fraction of sp³-hybridized carbons (Fsp3) is 0.300. The Morgan fingerprint density at radius 3 is 2.61 bits per heavy atom. The summed E-state index contributed by atoms with van der Waals surface area (Å²) < 4.78 is 7.34. The first kappa shape index (κ1) is 18.5. The molecular formula is C20H21N5O2S. The van der Waals surface area contributed by atoms with E-state index in [2.05, 4.69) is 20.3 Å². The van der Waals surface area contributed by atoms with Gasteiger partial charge in [-0.25, -0.2) is 9.67 Å². The second kappa shape index (κ2) is 8.45. The number of anilines is 1. The third-order valence-electron chi connectivity index (χ3n) is 4.84. The predicted molar refractivity (Wildman–Crippen MR) is 108 cm³/mol. The minimum atomic E-state index is -0.0107. The molecule has 1 fully saturated rings.